The summed E-state index contributed by atoms with van der Waals surface area (Å²) < 4.78 is 5.66. The Labute approximate surface area is 164 Å². The third-order valence-corrected chi connectivity index (χ3v) is 5.32. The lowest BCUT2D eigenvalue weighted by molar-refractivity contribution is 0.226. The number of rotatable bonds is 4. The van der Waals surface area contributed by atoms with E-state index in [1.165, 1.54) is 16.7 Å². The van der Waals surface area contributed by atoms with Gasteiger partial charge in [0.1, 0.15) is 17.3 Å². The maximum atomic E-state index is 5.66. The summed E-state index contributed by atoms with van der Waals surface area (Å²) in [5, 5.41) is 4.39. The van der Waals surface area contributed by atoms with Gasteiger partial charge in [-0.3, -0.25) is 4.90 Å². The molecule has 0 fully saturated rings. The normalized spacial score (nSPS) is 14.2. The number of hydrogen-bond acceptors (Lipinski definition) is 4. The summed E-state index contributed by atoms with van der Waals surface area (Å²) in [6, 6.07) is 19.0. The average Bonchev–Trinajstić information content (AvgIpc) is 3.34. The van der Waals surface area contributed by atoms with Gasteiger partial charge in [-0.1, -0.05) is 59.8 Å². The van der Waals surface area contributed by atoms with Gasteiger partial charge in [0.15, 0.2) is 0 Å². The van der Waals surface area contributed by atoms with Crippen LogP contribution in [0.2, 0.25) is 0 Å². The molecule has 5 heteroatoms. The van der Waals surface area contributed by atoms with Crippen molar-refractivity contribution in [3.05, 3.63) is 83.6 Å². The SMILES string of the molecule is Cc1ncc(CN2CCc3onc(-c4ccc(-c5ccccc5)cc4)c3C2)[nH]1. The van der Waals surface area contributed by atoms with Crippen molar-refractivity contribution in [2.45, 2.75) is 26.4 Å². The monoisotopic (exact) mass is 370 g/mol. The van der Waals surface area contributed by atoms with Crippen LogP contribution in [0.3, 0.4) is 0 Å². The van der Waals surface area contributed by atoms with E-state index < -0.39 is 0 Å². The zero-order valence-corrected chi connectivity index (χ0v) is 15.9. The third kappa shape index (κ3) is 3.25. The molecule has 3 heterocycles. The summed E-state index contributed by atoms with van der Waals surface area (Å²) >= 11 is 0. The number of nitrogens with one attached hydrogen (secondary N) is 1. The molecular formula is C23H22N4O. The Hall–Kier alpha value is -3.18. The first-order valence-electron chi connectivity index (χ1n) is 9.62. The number of nitrogens with zero attached hydrogens (tertiary/aromatic N) is 3. The number of aromatic amines is 1. The number of hydrogen-bond donors (Lipinski definition) is 1. The van der Waals surface area contributed by atoms with E-state index in [-0.39, 0.29) is 0 Å². The van der Waals surface area contributed by atoms with Crippen molar-refractivity contribution < 1.29 is 4.52 Å². The van der Waals surface area contributed by atoms with E-state index >= 15 is 0 Å². The van der Waals surface area contributed by atoms with Crippen LogP contribution in [0.25, 0.3) is 22.4 Å². The second-order valence-electron chi connectivity index (χ2n) is 7.33. The number of H-pyrrole nitrogens is 1. The van der Waals surface area contributed by atoms with E-state index in [1.807, 2.05) is 19.2 Å². The molecule has 0 unspecified atom stereocenters. The maximum Gasteiger partial charge on any atom is 0.143 e. The molecule has 0 saturated carbocycles. The molecule has 0 saturated heterocycles. The van der Waals surface area contributed by atoms with Gasteiger partial charge >= 0.3 is 0 Å². The van der Waals surface area contributed by atoms with Crippen molar-refractivity contribution in [1.82, 2.24) is 20.0 Å². The van der Waals surface area contributed by atoms with Crippen LogP contribution >= 0.6 is 0 Å². The maximum absolute atomic E-state index is 5.66. The molecule has 0 bridgehead atoms. The van der Waals surface area contributed by atoms with Crippen molar-refractivity contribution in [3.8, 4) is 22.4 Å². The molecule has 2 aromatic carbocycles. The molecule has 4 aromatic rings. The molecule has 5 rings (SSSR count). The lowest BCUT2D eigenvalue weighted by Gasteiger charge is -2.25. The van der Waals surface area contributed by atoms with Crippen LogP contribution in [-0.2, 0) is 19.5 Å². The summed E-state index contributed by atoms with van der Waals surface area (Å²) in [4.78, 5) is 10.0. The van der Waals surface area contributed by atoms with Gasteiger partial charge in [-0.05, 0) is 18.1 Å². The minimum atomic E-state index is 0.840. The Kier molecular flexibility index (Phi) is 4.29. The molecule has 140 valence electrons. The fourth-order valence-electron chi connectivity index (χ4n) is 3.87. The first-order chi connectivity index (χ1) is 13.8. The smallest absolute Gasteiger partial charge is 0.143 e. The Morgan fingerprint density at radius 3 is 2.50 bits per heavy atom. The topological polar surface area (TPSA) is 58.0 Å². The van der Waals surface area contributed by atoms with Gasteiger partial charge in [-0.15, -0.1) is 0 Å². The lowest BCUT2D eigenvalue weighted by atomic mass is 9.99. The predicted octanol–water partition coefficient (Wildman–Crippen LogP) is 4.60. The van der Waals surface area contributed by atoms with E-state index in [0.29, 0.717) is 0 Å². The van der Waals surface area contributed by atoms with E-state index in [2.05, 4.69) is 68.6 Å². The van der Waals surface area contributed by atoms with E-state index in [1.54, 1.807) is 0 Å². The van der Waals surface area contributed by atoms with Gasteiger partial charge in [-0.2, -0.15) is 0 Å². The highest BCUT2D eigenvalue weighted by Crippen LogP contribution is 2.31. The summed E-state index contributed by atoms with van der Waals surface area (Å²) in [5.74, 6) is 1.97. The van der Waals surface area contributed by atoms with Gasteiger partial charge in [0.05, 0.1) is 0 Å². The number of benzene rings is 2. The summed E-state index contributed by atoms with van der Waals surface area (Å²) in [7, 11) is 0. The molecule has 1 aliphatic heterocycles. The van der Waals surface area contributed by atoms with Crippen molar-refractivity contribution in [2.75, 3.05) is 6.54 Å². The van der Waals surface area contributed by atoms with E-state index in [9.17, 15) is 0 Å². The van der Waals surface area contributed by atoms with Crippen LogP contribution in [0.1, 0.15) is 22.8 Å². The van der Waals surface area contributed by atoms with Crippen molar-refractivity contribution in [3.63, 3.8) is 0 Å². The summed E-state index contributed by atoms with van der Waals surface area (Å²) in [6.45, 7) is 4.65. The minimum absolute atomic E-state index is 0.840. The zero-order chi connectivity index (χ0) is 18.9. The highest BCUT2D eigenvalue weighted by atomic mass is 16.5. The van der Waals surface area contributed by atoms with Gasteiger partial charge in [-0.25, -0.2) is 4.98 Å². The Morgan fingerprint density at radius 1 is 1.00 bits per heavy atom. The minimum Gasteiger partial charge on any atom is -0.360 e. The first-order valence-corrected chi connectivity index (χ1v) is 9.62. The van der Waals surface area contributed by atoms with Crippen LogP contribution in [-0.4, -0.2) is 26.6 Å². The third-order valence-electron chi connectivity index (χ3n) is 5.32. The number of imidazole rings is 1. The molecule has 0 amide bonds. The molecule has 5 nitrogen and oxygen atoms in total. The quantitative estimate of drug-likeness (QED) is 0.570. The fourth-order valence-corrected chi connectivity index (χ4v) is 3.87. The molecular weight excluding hydrogens is 348 g/mol. The Balaban J connectivity index is 1.38. The van der Waals surface area contributed by atoms with Gasteiger partial charge in [0, 0.05) is 49.1 Å². The molecule has 0 atom stereocenters. The Morgan fingerprint density at radius 2 is 1.75 bits per heavy atom. The van der Waals surface area contributed by atoms with Gasteiger partial charge in [0.2, 0.25) is 0 Å². The second-order valence-corrected chi connectivity index (χ2v) is 7.33. The zero-order valence-electron chi connectivity index (χ0n) is 15.9. The van der Waals surface area contributed by atoms with Crippen LogP contribution in [0.5, 0.6) is 0 Å². The molecule has 2 aromatic heterocycles. The number of fused-ring (bicyclic) bond motifs is 1. The average molecular weight is 370 g/mol. The van der Waals surface area contributed by atoms with Crippen LogP contribution in [0.4, 0.5) is 0 Å². The largest absolute Gasteiger partial charge is 0.360 e. The Bertz CT molecular complexity index is 1080. The molecule has 1 N–H and O–H groups in total. The predicted molar refractivity (Wildman–Crippen MR) is 109 cm³/mol. The highest BCUT2D eigenvalue weighted by Gasteiger charge is 2.25. The van der Waals surface area contributed by atoms with Crippen LogP contribution in [0.15, 0.2) is 65.3 Å². The van der Waals surface area contributed by atoms with Gasteiger partial charge in [0.25, 0.3) is 0 Å². The standard InChI is InChI=1S/C23H22N4O/c1-16-24-13-20(25-16)14-27-12-11-22-21(15-27)23(26-28-22)19-9-7-18(8-10-19)17-5-3-2-4-6-17/h2-10,13H,11-12,14-15H2,1H3,(H,24,25). The summed E-state index contributed by atoms with van der Waals surface area (Å²) in [6.07, 6.45) is 2.80. The number of aryl methyl sites for hydroxylation is 1. The van der Waals surface area contributed by atoms with Gasteiger partial charge < -0.3 is 9.51 Å². The van der Waals surface area contributed by atoms with Crippen molar-refractivity contribution in [1.29, 1.82) is 0 Å². The van der Waals surface area contributed by atoms with Crippen molar-refractivity contribution in [2.24, 2.45) is 0 Å². The van der Waals surface area contributed by atoms with Crippen LogP contribution in [0, 0.1) is 6.92 Å². The molecule has 0 radical (unpaired) electrons. The highest BCUT2D eigenvalue weighted by molar-refractivity contribution is 5.70. The van der Waals surface area contributed by atoms with Crippen LogP contribution < -0.4 is 0 Å². The van der Waals surface area contributed by atoms with Crippen molar-refractivity contribution >= 4 is 0 Å². The lowest BCUT2D eigenvalue weighted by Crippen LogP contribution is -2.29. The number of aromatic nitrogens is 3. The molecule has 1 aliphatic rings. The fraction of sp³-hybridized carbons (Fsp3) is 0.217. The summed E-state index contributed by atoms with van der Waals surface area (Å²) in [5.41, 5.74) is 6.83. The van der Waals surface area contributed by atoms with E-state index in [0.717, 1.165) is 54.6 Å². The molecule has 28 heavy (non-hydrogen) atoms. The first kappa shape index (κ1) is 17.0. The second kappa shape index (κ2) is 7.09. The molecule has 0 aliphatic carbocycles. The van der Waals surface area contributed by atoms with E-state index in [4.69, 9.17) is 4.52 Å². The molecule has 0 spiro atoms.